The number of nitrogens with one attached hydrogen (secondary N) is 1. The predicted molar refractivity (Wildman–Crippen MR) is 73.5 cm³/mol. The van der Waals surface area contributed by atoms with Gasteiger partial charge < -0.3 is 14.9 Å². The first kappa shape index (κ1) is 15.5. The Morgan fingerprint density at radius 2 is 2.14 bits per heavy atom. The van der Waals surface area contributed by atoms with Gasteiger partial charge in [-0.05, 0) is 32.1 Å². The number of carbonyl (C=O) groups is 2. The summed E-state index contributed by atoms with van der Waals surface area (Å²) in [4.78, 5) is 27.4. The summed E-state index contributed by atoms with van der Waals surface area (Å²) in [6.45, 7) is 3.59. The molecule has 1 fully saturated rings. The zero-order valence-electron chi connectivity index (χ0n) is 12.4. The smallest absolute Gasteiger partial charge is 0.329 e. The van der Waals surface area contributed by atoms with E-state index in [0.717, 1.165) is 25.7 Å². The molecule has 1 heterocycles. The molecule has 116 valence electrons. The Morgan fingerprint density at radius 3 is 2.71 bits per heavy atom. The third-order valence-electron chi connectivity index (χ3n) is 3.79. The summed E-state index contributed by atoms with van der Waals surface area (Å²) in [6.07, 6.45) is 3.82. The van der Waals surface area contributed by atoms with Crippen molar-refractivity contribution in [1.29, 1.82) is 0 Å². The highest BCUT2D eigenvalue weighted by molar-refractivity contribution is 5.87. The van der Waals surface area contributed by atoms with Crippen molar-refractivity contribution in [3.8, 4) is 0 Å². The van der Waals surface area contributed by atoms with Crippen molar-refractivity contribution in [3.05, 3.63) is 11.7 Å². The monoisotopic (exact) mass is 295 g/mol. The average Bonchev–Trinajstić information content (AvgIpc) is 3.19. The normalized spacial score (nSPS) is 17.2. The van der Waals surface area contributed by atoms with Crippen LogP contribution in [-0.4, -0.2) is 32.7 Å². The molecule has 1 aliphatic rings. The van der Waals surface area contributed by atoms with Crippen LogP contribution in [0.2, 0.25) is 0 Å². The maximum atomic E-state index is 11.9. The van der Waals surface area contributed by atoms with Crippen LogP contribution >= 0.6 is 0 Å². The van der Waals surface area contributed by atoms with Crippen molar-refractivity contribution in [2.24, 2.45) is 5.92 Å². The molecule has 2 rings (SSSR count). The summed E-state index contributed by atoms with van der Waals surface area (Å²) in [5.74, 6) is -0.208. The molecule has 0 aliphatic heterocycles. The number of aryl methyl sites for hydroxylation is 2. The van der Waals surface area contributed by atoms with E-state index in [9.17, 15) is 14.7 Å². The number of hydrogen-bond donors (Lipinski definition) is 2. The van der Waals surface area contributed by atoms with E-state index in [1.807, 2.05) is 6.92 Å². The number of carboxylic acid groups (broad SMARTS) is 1. The molecule has 1 atom stereocenters. The fourth-order valence-electron chi connectivity index (χ4n) is 2.28. The molecular formula is C14H21N3O4. The van der Waals surface area contributed by atoms with Crippen molar-refractivity contribution >= 4 is 11.9 Å². The summed E-state index contributed by atoms with van der Waals surface area (Å²) < 4.78 is 5.05. The molecule has 1 aliphatic carbocycles. The quantitative estimate of drug-likeness (QED) is 0.749. The van der Waals surface area contributed by atoms with Gasteiger partial charge in [-0.25, -0.2) is 4.79 Å². The average molecular weight is 295 g/mol. The molecule has 0 saturated heterocycles. The van der Waals surface area contributed by atoms with E-state index in [1.165, 1.54) is 0 Å². The molecule has 1 aromatic heterocycles. The molecule has 1 amide bonds. The van der Waals surface area contributed by atoms with Crippen LogP contribution in [-0.2, 0) is 22.4 Å². The highest BCUT2D eigenvalue weighted by Crippen LogP contribution is 2.39. The Bertz CT molecular complexity index is 524. The summed E-state index contributed by atoms with van der Waals surface area (Å²) in [5, 5.41) is 15.7. The van der Waals surface area contributed by atoms with Gasteiger partial charge in [0.1, 0.15) is 5.54 Å². The van der Waals surface area contributed by atoms with Crippen molar-refractivity contribution in [3.63, 3.8) is 0 Å². The van der Waals surface area contributed by atoms with Crippen LogP contribution in [0.5, 0.6) is 0 Å². The van der Waals surface area contributed by atoms with Gasteiger partial charge in [0.05, 0.1) is 0 Å². The molecule has 7 nitrogen and oxygen atoms in total. The number of amides is 1. The van der Waals surface area contributed by atoms with E-state index in [-0.39, 0.29) is 18.2 Å². The maximum Gasteiger partial charge on any atom is 0.329 e. The van der Waals surface area contributed by atoms with E-state index < -0.39 is 11.5 Å². The third kappa shape index (κ3) is 3.80. The first-order chi connectivity index (χ1) is 9.95. The van der Waals surface area contributed by atoms with Gasteiger partial charge in [0.25, 0.3) is 0 Å². The van der Waals surface area contributed by atoms with E-state index in [4.69, 9.17) is 4.52 Å². The van der Waals surface area contributed by atoms with Crippen LogP contribution in [0.3, 0.4) is 0 Å². The van der Waals surface area contributed by atoms with Crippen LogP contribution in [0, 0.1) is 5.92 Å². The van der Waals surface area contributed by atoms with Crippen LogP contribution in [0.25, 0.3) is 0 Å². The SMILES string of the molecule is CCCc1noc(CCC(=O)NC(C)(C(=O)O)C2CC2)n1. The van der Waals surface area contributed by atoms with Crippen molar-refractivity contribution in [1.82, 2.24) is 15.5 Å². The number of nitrogens with zero attached hydrogens (tertiary/aromatic N) is 2. The zero-order chi connectivity index (χ0) is 15.5. The van der Waals surface area contributed by atoms with Gasteiger partial charge in [0.15, 0.2) is 5.82 Å². The molecule has 0 bridgehead atoms. The Kier molecular flexibility index (Phi) is 4.59. The first-order valence-corrected chi connectivity index (χ1v) is 7.31. The van der Waals surface area contributed by atoms with E-state index in [1.54, 1.807) is 6.92 Å². The van der Waals surface area contributed by atoms with Gasteiger partial charge in [-0.3, -0.25) is 4.79 Å². The van der Waals surface area contributed by atoms with E-state index in [2.05, 4.69) is 15.5 Å². The number of carbonyl (C=O) groups excluding carboxylic acids is 1. The molecule has 21 heavy (non-hydrogen) atoms. The van der Waals surface area contributed by atoms with Gasteiger partial charge in [-0.1, -0.05) is 12.1 Å². The predicted octanol–water partition coefficient (Wildman–Crippen LogP) is 1.32. The fourth-order valence-corrected chi connectivity index (χ4v) is 2.28. The van der Waals surface area contributed by atoms with Crippen LogP contribution in [0.1, 0.15) is 51.2 Å². The minimum absolute atomic E-state index is 0.0264. The highest BCUT2D eigenvalue weighted by Gasteiger charge is 2.48. The molecule has 0 aromatic carbocycles. The number of hydrogen-bond acceptors (Lipinski definition) is 5. The first-order valence-electron chi connectivity index (χ1n) is 7.31. The van der Waals surface area contributed by atoms with Gasteiger partial charge in [0.2, 0.25) is 11.8 Å². The van der Waals surface area contributed by atoms with Crippen LogP contribution in [0.15, 0.2) is 4.52 Å². The fraction of sp³-hybridized carbons (Fsp3) is 0.714. The molecule has 1 saturated carbocycles. The second kappa shape index (κ2) is 6.24. The van der Waals surface area contributed by atoms with Gasteiger partial charge >= 0.3 is 5.97 Å². The molecule has 0 radical (unpaired) electrons. The number of carboxylic acids is 1. The van der Waals surface area contributed by atoms with Crippen molar-refractivity contribution < 1.29 is 19.2 Å². The van der Waals surface area contributed by atoms with Crippen LogP contribution < -0.4 is 5.32 Å². The van der Waals surface area contributed by atoms with E-state index in [0.29, 0.717) is 18.1 Å². The Morgan fingerprint density at radius 1 is 1.43 bits per heavy atom. The third-order valence-corrected chi connectivity index (χ3v) is 3.79. The lowest BCUT2D eigenvalue weighted by Gasteiger charge is -2.26. The lowest BCUT2D eigenvalue weighted by Crippen LogP contribution is -2.54. The van der Waals surface area contributed by atoms with Crippen molar-refractivity contribution in [2.45, 2.75) is 57.9 Å². The summed E-state index contributed by atoms with van der Waals surface area (Å²) >= 11 is 0. The highest BCUT2D eigenvalue weighted by atomic mass is 16.5. The van der Waals surface area contributed by atoms with Gasteiger partial charge in [0, 0.05) is 19.3 Å². The van der Waals surface area contributed by atoms with E-state index >= 15 is 0 Å². The van der Waals surface area contributed by atoms with Gasteiger partial charge in [-0.2, -0.15) is 4.98 Å². The Balaban J connectivity index is 1.85. The number of rotatable bonds is 8. The zero-order valence-corrected chi connectivity index (χ0v) is 12.4. The standard InChI is InChI=1S/C14H21N3O4/c1-3-4-10-15-12(21-17-10)8-7-11(18)16-14(2,13(19)20)9-5-6-9/h9H,3-8H2,1-2H3,(H,16,18)(H,19,20). The van der Waals surface area contributed by atoms with Crippen molar-refractivity contribution in [2.75, 3.05) is 0 Å². The molecule has 1 aromatic rings. The summed E-state index contributed by atoms with van der Waals surface area (Å²) in [5.41, 5.74) is -1.17. The Labute approximate surface area is 123 Å². The minimum Gasteiger partial charge on any atom is -0.480 e. The molecule has 7 heteroatoms. The lowest BCUT2D eigenvalue weighted by atomic mass is 9.95. The Hall–Kier alpha value is -1.92. The molecule has 1 unspecified atom stereocenters. The second-order valence-electron chi connectivity index (χ2n) is 5.68. The molecular weight excluding hydrogens is 274 g/mol. The molecule has 2 N–H and O–H groups in total. The molecule has 0 spiro atoms. The van der Waals surface area contributed by atoms with Crippen LogP contribution in [0.4, 0.5) is 0 Å². The number of aromatic nitrogens is 2. The lowest BCUT2D eigenvalue weighted by molar-refractivity contribution is -0.147. The topological polar surface area (TPSA) is 105 Å². The minimum atomic E-state index is -1.17. The summed E-state index contributed by atoms with van der Waals surface area (Å²) in [6, 6.07) is 0. The number of aliphatic carboxylic acids is 1. The summed E-state index contributed by atoms with van der Waals surface area (Å²) in [7, 11) is 0. The maximum absolute atomic E-state index is 11.9. The van der Waals surface area contributed by atoms with Gasteiger partial charge in [-0.15, -0.1) is 0 Å². The largest absolute Gasteiger partial charge is 0.480 e. The second-order valence-corrected chi connectivity index (χ2v) is 5.68.